The second-order valence-corrected chi connectivity index (χ2v) is 4.18. The monoisotopic (exact) mass is 267 g/mol. The topological polar surface area (TPSA) is 107 Å². The number of ether oxygens (including phenoxy) is 1. The molecule has 1 rings (SSSR count). The molecule has 1 aromatic rings. The molecule has 0 aliphatic carbocycles. The molecular formula is C11H13N3O3S. The molecule has 2 amide bonds. The average molecular weight is 267 g/mol. The normalized spacial score (nSPS) is 9.17. The highest BCUT2D eigenvalue weighted by molar-refractivity contribution is 7.14. The number of amides is 2. The summed E-state index contributed by atoms with van der Waals surface area (Å²) < 4.78 is 4.48. The first-order valence-electron chi connectivity index (χ1n) is 5.12. The van der Waals surface area contributed by atoms with Crippen molar-refractivity contribution in [2.24, 2.45) is 11.5 Å². The Labute approximate surface area is 108 Å². The summed E-state index contributed by atoms with van der Waals surface area (Å²) in [7, 11) is 0. The van der Waals surface area contributed by atoms with Crippen molar-refractivity contribution in [3.8, 4) is 11.8 Å². The van der Waals surface area contributed by atoms with Gasteiger partial charge in [-0.15, -0.1) is 11.3 Å². The van der Waals surface area contributed by atoms with Gasteiger partial charge in [0.25, 0.3) is 5.91 Å². The summed E-state index contributed by atoms with van der Waals surface area (Å²) in [6.07, 6.45) is -0.861. The highest BCUT2D eigenvalue weighted by Gasteiger charge is 2.07. The Kier molecular flexibility index (Phi) is 5.70. The van der Waals surface area contributed by atoms with E-state index in [4.69, 9.17) is 11.5 Å². The number of rotatable bonds is 4. The quantitative estimate of drug-likeness (QED) is 0.522. The van der Waals surface area contributed by atoms with Crippen molar-refractivity contribution in [2.45, 2.75) is 0 Å². The molecule has 5 N–H and O–H groups in total. The first-order valence-corrected chi connectivity index (χ1v) is 5.94. The van der Waals surface area contributed by atoms with E-state index >= 15 is 0 Å². The van der Waals surface area contributed by atoms with Gasteiger partial charge in [-0.2, -0.15) is 0 Å². The van der Waals surface area contributed by atoms with Crippen molar-refractivity contribution < 1.29 is 14.3 Å². The van der Waals surface area contributed by atoms with E-state index in [1.54, 1.807) is 12.1 Å². The van der Waals surface area contributed by atoms with Gasteiger partial charge in [-0.1, -0.05) is 11.8 Å². The van der Waals surface area contributed by atoms with Gasteiger partial charge in [0.1, 0.15) is 6.61 Å². The summed E-state index contributed by atoms with van der Waals surface area (Å²) in [6, 6.07) is 3.43. The summed E-state index contributed by atoms with van der Waals surface area (Å²) >= 11 is 1.27. The molecule has 1 heterocycles. The Morgan fingerprint density at radius 3 is 2.89 bits per heavy atom. The lowest BCUT2D eigenvalue weighted by Crippen LogP contribution is -2.28. The number of hydrogen-bond donors (Lipinski definition) is 3. The molecule has 0 aliphatic rings. The van der Waals surface area contributed by atoms with Crippen LogP contribution in [0.3, 0.4) is 0 Å². The number of primary amides is 1. The maximum atomic E-state index is 11.6. The van der Waals surface area contributed by atoms with Gasteiger partial charge in [-0.05, 0) is 12.1 Å². The lowest BCUT2D eigenvalue weighted by atomic mass is 10.4. The lowest BCUT2D eigenvalue weighted by Gasteiger charge is -2.02. The number of carbonyl (C=O) groups excluding carboxylic acids is 2. The van der Waals surface area contributed by atoms with E-state index in [0.29, 0.717) is 4.88 Å². The first kappa shape index (κ1) is 14.0. The highest BCUT2D eigenvalue weighted by atomic mass is 32.1. The molecule has 0 aliphatic heterocycles. The van der Waals surface area contributed by atoms with Crippen LogP contribution in [-0.2, 0) is 4.74 Å². The van der Waals surface area contributed by atoms with Crippen molar-refractivity contribution >= 4 is 23.3 Å². The fourth-order valence-electron chi connectivity index (χ4n) is 1.07. The van der Waals surface area contributed by atoms with E-state index in [9.17, 15) is 9.59 Å². The Morgan fingerprint density at radius 1 is 1.44 bits per heavy atom. The molecule has 1 aromatic heterocycles. The third kappa shape index (κ3) is 4.86. The zero-order valence-electron chi connectivity index (χ0n) is 9.56. The van der Waals surface area contributed by atoms with E-state index < -0.39 is 6.09 Å². The van der Waals surface area contributed by atoms with Gasteiger partial charge < -0.3 is 21.5 Å². The number of carbonyl (C=O) groups is 2. The standard InChI is InChI=1S/C11H13N3O3S/c12-5-1-2-8-3-4-9(18-8)10(15)14-6-7-17-11(13)16/h3-4H,5-7,12H2,(H2,13,16)(H,14,15). The molecule has 0 spiro atoms. The van der Waals surface area contributed by atoms with E-state index in [1.165, 1.54) is 11.3 Å². The van der Waals surface area contributed by atoms with Gasteiger partial charge in [0.15, 0.2) is 0 Å². The second-order valence-electron chi connectivity index (χ2n) is 3.09. The van der Waals surface area contributed by atoms with Crippen LogP contribution in [0.25, 0.3) is 0 Å². The fraction of sp³-hybridized carbons (Fsp3) is 0.273. The zero-order chi connectivity index (χ0) is 13.4. The molecule has 0 bridgehead atoms. The molecule has 6 nitrogen and oxygen atoms in total. The van der Waals surface area contributed by atoms with Gasteiger partial charge in [0.2, 0.25) is 0 Å². The maximum Gasteiger partial charge on any atom is 0.404 e. The third-order valence-electron chi connectivity index (χ3n) is 1.78. The van der Waals surface area contributed by atoms with Crippen LogP contribution in [0.15, 0.2) is 12.1 Å². The van der Waals surface area contributed by atoms with Crippen LogP contribution in [0.5, 0.6) is 0 Å². The van der Waals surface area contributed by atoms with Crippen LogP contribution in [0.1, 0.15) is 14.5 Å². The van der Waals surface area contributed by atoms with Gasteiger partial charge in [0.05, 0.1) is 22.8 Å². The molecule has 7 heteroatoms. The zero-order valence-corrected chi connectivity index (χ0v) is 10.4. The van der Waals surface area contributed by atoms with Crippen LogP contribution >= 0.6 is 11.3 Å². The third-order valence-corrected chi connectivity index (χ3v) is 2.77. The van der Waals surface area contributed by atoms with Crippen LogP contribution in [0, 0.1) is 11.8 Å². The highest BCUT2D eigenvalue weighted by Crippen LogP contribution is 2.14. The van der Waals surface area contributed by atoms with Gasteiger partial charge in [-0.25, -0.2) is 4.79 Å². The summed E-state index contributed by atoms with van der Waals surface area (Å²) in [4.78, 5) is 23.2. The van der Waals surface area contributed by atoms with Gasteiger partial charge in [-0.3, -0.25) is 4.79 Å². The van der Waals surface area contributed by atoms with Crippen LogP contribution in [0.2, 0.25) is 0 Å². The van der Waals surface area contributed by atoms with Crippen molar-refractivity contribution in [3.63, 3.8) is 0 Å². The summed E-state index contributed by atoms with van der Waals surface area (Å²) in [5, 5.41) is 2.59. The molecule has 96 valence electrons. The minimum Gasteiger partial charge on any atom is -0.448 e. The van der Waals surface area contributed by atoms with Crippen LogP contribution < -0.4 is 16.8 Å². The second kappa shape index (κ2) is 7.32. The van der Waals surface area contributed by atoms with Crippen molar-refractivity contribution in [2.75, 3.05) is 19.7 Å². The van der Waals surface area contributed by atoms with Crippen molar-refractivity contribution in [1.29, 1.82) is 0 Å². The minimum absolute atomic E-state index is 0.0479. The Bertz CT molecular complexity index is 487. The molecule has 0 saturated heterocycles. The lowest BCUT2D eigenvalue weighted by molar-refractivity contribution is 0.0941. The van der Waals surface area contributed by atoms with Crippen LogP contribution in [-0.4, -0.2) is 31.7 Å². The predicted octanol–water partition coefficient (Wildman–Crippen LogP) is -0.117. The van der Waals surface area contributed by atoms with E-state index in [1.807, 2.05) is 0 Å². The predicted molar refractivity (Wildman–Crippen MR) is 68.1 cm³/mol. The molecule has 0 saturated carbocycles. The molecular weight excluding hydrogens is 254 g/mol. The number of hydrogen-bond acceptors (Lipinski definition) is 5. The Balaban J connectivity index is 2.42. The molecule has 0 unspecified atom stereocenters. The summed E-state index contributed by atoms with van der Waals surface area (Å²) in [5.41, 5.74) is 10.0. The summed E-state index contributed by atoms with van der Waals surface area (Å²) in [6.45, 7) is 0.541. The smallest absolute Gasteiger partial charge is 0.404 e. The number of nitrogens with two attached hydrogens (primary N) is 2. The van der Waals surface area contributed by atoms with Crippen LogP contribution in [0.4, 0.5) is 4.79 Å². The number of thiophene rings is 1. The van der Waals surface area contributed by atoms with Crippen molar-refractivity contribution in [3.05, 3.63) is 21.9 Å². The Morgan fingerprint density at radius 2 is 2.22 bits per heavy atom. The minimum atomic E-state index is -0.861. The largest absolute Gasteiger partial charge is 0.448 e. The molecule has 0 aromatic carbocycles. The first-order chi connectivity index (χ1) is 8.63. The summed E-state index contributed by atoms with van der Waals surface area (Å²) in [5.74, 6) is 5.30. The Hall–Kier alpha value is -2.04. The van der Waals surface area contributed by atoms with Gasteiger partial charge >= 0.3 is 6.09 Å². The van der Waals surface area contributed by atoms with E-state index in [0.717, 1.165) is 4.88 Å². The maximum absolute atomic E-state index is 11.6. The van der Waals surface area contributed by atoms with Gasteiger partial charge in [0, 0.05) is 0 Å². The molecule has 0 radical (unpaired) electrons. The molecule has 18 heavy (non-hydrogen) atoms. The fourth-order valence-corrected chi connectivity index (χ4v) is 1.87. The van der Waals surface area contributed by atoms with Crippen molar-refractivity contribution in [1.82, 2.24) is 5.32 Å². The van der Waals surface area contributed by atoms with E-state index in [-0.39, 0.29) is 25.6 Å². The van der Waals surface area contributed by atoms with E-state index in [2.05, 4.69) is 21.9 Å². The SMILES string of the molecule is NCC#Cc1ccc(C(=O)NCCOC(N)=O)s1. The average Bonchev–Trinajstić information content (AvgIpc) is 2.80. The number of nitrogens with one attached hydrogen (secondary N) is 1. The molecule has 0 atom stereocenters. The molecule has 0 fully saturated rings.